The fourth-order valence-corrected chi connectivity index (χ4v) is 4.60. The molecular weight excluding hydrogens is 386 g/mol. The Kier molecular flexibility index (Phi) is 5.90. The number of rotatable bonds is 4. The number of aryl methyl sites for hydroxylation is 2. The zero-order chi connectivity index (χ0) is 22.1. The Balaban J connectivity index is 1.80. The van der Waals surface area contributed by atoms with E-state index in [0.717, 1.165) is 63.9 Å². The van der Waals surface area contributed by atoms with Crippen molar-refractivity contribution in [3.63, 3.8) is 0 Å². The summed E-state index contributed by atoms with van der Waals surface area (Å²) < 4.78 is 11.7. The van der Waals surface area contributed by atoms with Crippen molar-refractivity contribution < 1.29 is 13.9 Å². The maximum absolute atomic E-state index is 13.0. The first-order valence-electron chi connectivity index (χ1n) is 11.1. The molecule has 2 aromatic carbocycles. The molecule has 3 aromatic rings. The second-order valence-corrected chi connectivity index (χ2v) is 8.68. The fraction of sp³-hybridized carbons (Fsp3) is 0.370. The number of furan rings is 1. The Bertz CT molecular complexity index is 1140. The number of carbonyl (C=O) groups excluding carboxylic acids is 1. The molecule has 162 valence electrons. The third kappa shape index (κ3) is 3.99. The van der Waals surface area contributed by atoms with E-state index in [4.69, 9.17) is 9.15 Å². The number of carbonyl (C=O) groups is 1. The number of fused-ring (bicyclic) bond motifs is 1. The van der Waals surface area contributed by atoms with Gasteiger partial charge in [0.2, 0.25) is 5.91 Å². The summed E-state index contributed by atoms with van der Waals surface area (Å²) in [5.74, 6) is 0.834. The van der Waals surface area contributed by atoms with Crippen LogP contribution < -0.4 is 4.74 Å². The molecule has 4 rings (SSSR count). The number of likely N-dealkylation sites (tertiary alicyclic amines) is 1. The van der Waals surface area contributed by atoms with E-state index >= 15 is 0 Å². The van der Waals surface area contributed by atoms with Crippen LogP contribution in [0.25, 0.3) is 27.7 Å². The number of ether oxygens (including phenoxy) is 1. The molecule has 1 amide bonds. The van der Waals surface area contributed by atoms with Gasteiger partial charge in [-0.3, -0.25) is 4.79 Å². The number of benzene rings is 2. The molecule has 0 spiro atoms. The Hall–Kier alpha value is -3.01. The van der Waals surface area contributed by atoms with Gasteiger partial charge in [0.15, 0.2) is 0 Å². The van der Waals surface area contributed by atoms with E-state index in [1.165, 1.54) is 12.0 Å². The van der Waals surface area contributed by atoms with Gasteiger partial charge in [-0.15, -0.1) is 0 Å². The zero-order valence-electron chi connectivity index (χ0n) is 19.1. The molecule has 1 aromatic heterocycles. The summed E-state index contributed by atoms with van der Waals surface area (Å²) >= 11 is 0. The van der Waals surface area contributed by atoms with Crippen LogP contribution in [0, 0.1) is 13.8 Å². The average Bonchev–Trinajstić information content (AvgIpc) is 3.18. The third-order valence-corrected chi connectivity index (χ3v) is 6.46. The van der Waals surface area contributed by atoms with Crippen molar-refractivity contribution in [2.75, 3.05) is 13.7 Å². The third-order valence-electron chi connectivity index (χ3n) is 6.46. The standard InChI is InChI=1S/C27H31NO3/c1-17-9-11-21(12-10-17)24-16-31-27-20(4)26(30-5)22(15-23(24)27)18(2)14-25(29)28-13-7-6-8-19(28)3/h9-12,14-16,19H,6-8,13H2,1-5H3/b18-14+. The summed E-state index contributed by atoms with van der Waals surface area (Å²) in [5, 5.41) is 1.03. The van der Waals surface area contributed by atoms with Crippen LogP contribution in [-0.2, 0) is 4.79 Å². The molecule has 1 fully saturated rings. The number of amides is 1. The summed E-state index contributed by atoms with van der Waals surface area (Å²) in [6.07, 6.45) is 6.91. The minimum atomic E-state index is 0.0791. The lowest BCUT2D eigenvalue weighted by molar-refractivity contribution is -0.129. The molecule has 1 aliphatic rings. The van der Waals surface area contributed by atoms with Crippen molar-refractivity contribution in [1.29, 1.82) is 0 Å². The van der Waals surface area contributed by atoms with E-state index in [9.17, 15) is 4.79 Å². The van der Waals surface area contributed by atoms with Crippen LogP contribution in [-0.4, -0.2) is 30.5 Å². The van der Waals surface area contributed by atoms with Crippen LogP contribution in [0.5, 0.6) is 5.75 Å². The first-order chi connectivity index (χ1) is 14.9. The Morgan fingerprint density at radius 2 is 1.94 bits per heavy atom. The molecule has 4 heteroatoms. The number of methoxy groups -OCH3 is 1. The molecule has 0 N–H and O–H groups in total. The Morgan fingerprint density at radius 3 is 2.61 bits per heavy atom. The number of piperidine rings is 1. The highest BCUT2D eigenvalue weighted by Crippen LogP contribution is 2.40. The number of hydrogen-bond acceptors (Lipinski definition) is 3. The molecular formula is C27H31NO3. The fourth-order valence-electron chi connectivity index (χ4n) is 4.60. The highest BCUT2D eigenvalue weighted by molar-refractivity contribution is 6.01. The van der Waals surface area contributed by atoms with Crippen LogP contribution in [0.1, 0.15) is 49.8 Å². The van der Waals surface area contributed by atoms with Crippen molar-refractivity contribution in [3.05, 3.63) is 59.4 Å². The van der Waals surface area contributed by atoms with Gasteiger partial charge in [-0.05, 0) is 64.2 Å². The highest BCUT2D eigenvalue weighted by atomic mass is 16.5. The quantitative estimate of drug-likeness (QED) is 0.453. The lowest BCUT2D eigenvalue weighted by atomic mass is 9.96. The van der Waals surface area contributed by atoms with Gasteiger partial charge in [0.1, 0.15) is 11.3 Å². The van der Waals surface area contributed by atoms with E-state index in [1.54, 1.807) is 13.2 Å². The molecule has 4 nitrogen and oxygen atoms in total. The van der Waals surface area contributed by atoms with Crippen molar-refractivity contribution in [3.8, 4) is 16.9 Å². The van der Waals surface area contributed by atoms with Crippen LogP contribution in [0.15, 0.2) is 47.1 Å². The number of hydrogen-bond donors (Lipinski definition) is 0. The van der Waals surface area contributed by atoms with Gasteiger partial charge in [-0.25, -0.2) is 0 Å². The van der Waals surface area contributed by atoms with Gasteiger partial charge in [-0.2, -0.15) is 0 Å². The maximum Gasteiger partial charge on any atom is 0.247 e. The summed E-state index contributed by atoms with van der Waals surface area (Å²) in [5.41, 5.74) is 6.98. The van der Waals surface area contributed by atoms with Gasteiger partial charge < -0.3 is 14.1 Å². The van der Waals surface area contributed by atoms with Gasteiger partial charge >= 0.3 is 0 Å². The lowest BCUT2D eigenvalue weighted by Crippen LogP contribution is -2.41. The monoisotopic (exact) mass is 417 g/mol. The first kappa shape index (κ1) is 21.2. The smallest absolute Gasteiger partial charge is 0.247 e. The second kappa shape index (κ2) is 8.62. The summed E-state index contributed by atoms with van der Waals surface area (Å²) in [7, 11) is 1.67. The highest BCUT2D eigenvalue weighted by Gasteiger charge is 2.23. The van der Waals surface area contributed by atoms with Crippen molar-refractivity contribution in [1.82, 2.24) is 4.90 Å². The van der Waals surface area contributed by atoms with Crippen molar-refractivity contribution >= 4 is 22.4 Å². The molecule has 0 aliphatic carbocycles. The largest absolute Gasteiger partial charge is 0.496 e. The van der Waals surface area contributed by atoms with Gasteiger partial charge in [0, 0.05) is 40.7 Å². The predicted octanol–water partition coefficient (Wildman–Crippen LogP) is 6.53. The van der Waals surface area contributed by atoms with Gasteiger partial charge in [0.05, 0.1) is 13.4 Å². The Labute approximate surface area is 184 Å². The van der Waals surface area contributed by atoms with Crippen molar-refractivity contribution in [2.45, 2.75) is 53.0 Å². The average molecular weight is 418 g/mol. The van der Waals surface area contributed by atoms with Gasteiger partial charge in [0.25, 0.3) is 0 Å². The molecule has 2 heterocycles. The minimum Gasteiger partial charge on any atom is -0.496 e. The molecule has 0 radical (unpaired) electrons. The normalized spacial score (nSPS) is 17.3. The molecule has 0 bridgehead atoms. The summed E-state index contributed by atoms with van der Waals surface area (Å²) in [6.45, 7) is 9.05. The maximum atomic E-state index is 13.0. The number of allylic oxidation sites excluding steroid dienone is 1. The van der Waals surface area contributed by atoms with E-state index in [-0.39, 0.29) is 5.91 Å². The molecule has 1 saturated heterocycles. The topological polar surface area (TPSA) is 42.7 Å². The first-order valence-corrected chi connectivity index (χ1v) is 11.1. The second-order valence-electron chi connectivity index (χ2n) is 8.68. The molecule has 0 saturated carbocycles. The van der Waals surface area contributed by atoms with Gasteiger partial charge in [-0.1, -0.05) is 29.8 Å². The van der Waals surface area contributed by atoms with Crippen molar-refractivity contribution in [2.24, 2.45) is 0 Å². The van der Waals surface area contributed by atoms with E-state index in [0.29, 0.717) is 6.04 Å². The Morgan fingerprint density at radius 1 is 1.19 bits per heavy atom. The molecule has 31 heavy (non-hydrogen) atoms. The van der Waals surface area contributed by atoms with Crippen LogP contribution >= 0.6 is 0 Å². The zero-order valence-corrected chi connectivity index (χ0v) is 19.1. The van der Waals surface area contributed by atoms with E-state index in [1.807, 2.05) is 25.0 Å². The van der Waals surface area contributed by atoms with Crippen LogP contribution in [0.4, 0.5) is 0 Å². The minimum absolute atomic E-state index is 0.0791. The molecule has 1 unspecified atom stereocenters. The van der Waals surface area contributed by atoms with E-state index < -0.39 is 0 Å². The molecule has 1 aliphatic heterocycles. The predicted molar refractivity (Wildman–Crippen MR) is 126 cm³/mol. The summed E-state index contributed by atoms with van der Waals surface area (Å²) in [6, 6.07) is 10.8. The van der Waals surface area contributed by atoms with Crippen LogP contribution in [0.3, 0.4) is 0 Å². The summed E-state index contributed by atoms with van der Waals surface area (Å²) in [4.78, 5) is 15.0. The SMILES string of the molecule is COc1c(/C(C)=C/C(=O)N2CCCCC2C)cc2c(-c3ccc(C)cc3)coc2c1C. The van der Waals surface area contributed by atoms with E-state index in [2.05, 4.69) is 44.2 Å². The molecule has 1 atom stereocenters. The number of nitrogens with zero attached hydrogens (tertiary/aromatic N) is 1. The van der Waals surface area contributed by atoms with Crippen LogP contribution in [0.2, 0.25) is 0 Å². The lowest BCUT2D eigenvalue weighted by Gasteiger charge is -2.32.